The van der Waals surface area contributed by atoms with Gasteiger partial charge in [0.15, 0.2) is 0 Å². The minimum Gasteiger partial charge on any atom is -0.491 e. The summed E-state index contributed by atoms with van der Waals surface area (Å²) in [4.78, 5) is 23.7. The average molecular weight is 380 g/mol. The molecule has 2 rings (SSSR count). The van der Waals surface area contributed by atoms with E-state index in [1.165, 1.54) is 6.07 Å². The summed E-state index contributed by atoms with van der Waals surface area (Å²) in [6, 6.07) is 11.0. The van der Waals surface area contributed by atoms with Crippen molar-refractivity contribution in [2.75, 3.05) is 5.32 Å². The van der Waals surface area contributed by atoms with Crippen molar-refractivity contribution in [1.82, 2.24) is 5.32 Å². The van der Waals surface area contributed by atoms with Gasteiger partial charge in [-0.25, -0.2) is 0 Å². The second kappa shape index (κ2) is 8.57. The largest absolute Gasteiger partial charge is 0.491 e. The van der Waals surface area contributed by atoms with Crippen molar-refractivity contribution in [2.45, 2.75) is 32.7 Å². The third-order valence-corrected chi connectivity index (χ3v) is 3.40. The molecule has 0 aliphatic carbocycles. The van der Waals surface area contributed by atoms with Gasteiger partial charge in [-0.15, -0.1) is 0 Å². The maximum Gasteiger partial charge on any atom is 0.416 e. The zero-order chi connectivity index (χ0) is 20.0. The summed E-state index contributed by atoms with van der Waals surface area (Å²) in [6.45, 7) is 3.89. The van der Waals surface area contributed by atoms with E-state index in [1.807, 2.05) is 13.8 Å². The number of hydrogen-bond donors (Lipinski definition) is 2. The summed E-state index contributed by atoms with van der Waals surface area (Å²) < 4.78 is 43.5. The Morgan fingerprint density at radius 3 is 2.30 bits per heavy atom. The number of alkyl halides is 3. The van der Waals surface area contributed by atoms with Gasteiger partial charge in [-0.05, 0) is 49.7 Å². The Kier molecular flexibility index (Phi) is 6.44. The first-order valence-corrected chi connectivity index (χ1v) is 8.17. The van der Waals surface area contributed by atoms with Crippen molar-refractivity contribution in [3.63, 3.8) is 0 Å². The van der Waals surface area contributed by atoms with Crippen LogP contribution in [0, 0.1) is 0 Å². The molecule has 5 nitrogen and oxygen atoms in total. The Labute approximate surface area is 154 Å². The number of carbonyl (C=O) groups is 2. The molecule has 0 saturated heterocycles. The van der Waals surface area contributed by atoms with Crippen LogP contribution in [0.4, 0.5) is 18.9 Å². The van der Waals surface area contributed by atoms with Crippen molar-refractivity contribution in [2.24, 2.45) is 0 Å². The summed E-state index contributed by atoms with van der Waals surface area (Å²) in [5, 5.41) is 4.56. The van der Waals surface area contributed by atoms with Crippen LogP contribution in [0.3, 0.4) is 0 Å². The maximum atomic E-state index is 12.7. The summed E-state index contributed by atoms with van der Waals surface area (Å²) in [6.07, 6.45) is -4.50. The van der Waals surface area contributed by atoms with Gasteiger partial charge in [0.2, 0.25) is 0 Å². The highest BCUT2D eigenvalue weighted by molar-refractivity contribution is 6.39. The lowest BCUT2D eigenvalue weighted by atomic mass is 10.2. The van der Waals surface area contributed by atoms with E-state index in [1.54, 1.807) is 24.3 Å². The minimum absolute atomic E-state index is 0.0371. The van der Waals surface area contributed by atoms with E-state index in [-0.39, 0.29) is 18.3 Å². The lowest BCUT2D eigenvalue weighted by molar-refractivity contribution is -0.137. The normalized spacial score (nSPS) is 11.2. The van der Waals surface area contributed by atoms with Crippen LogP contribution in [0.5, 0.6) is 5.75 Å². The standard InChI is InChI=1S/C19H19F3N2O3/c1-12(2)27-16-8-6-13(7-9-16)11-23-17(25)18(26)24-15-5-3-4-14(10-15)19(20,21)22/h3-10,12H,11H2,1-2H3,(H,23,25)(H,24,26). The second-order valence-electron chi connectivity index (χ2n) is 6.03. The van der Waals surface area contributed by atoms with Crippen molar-refractivity contribution < 1.29 is 27.5 Å². The first-order chi connectivity index (χ1) is 12.6. The average Bonchev–Trinajstić information content (AvgIpc) is 2.60. The Balaban J connectivity index is 1.90. The molecule has 0 spiro atoms. The van der Waals surface area contributed by atoms with Crippen molar-refractivity contribution in [1.29, 1.82) is 0 Å². The number of anilines is 1. The minimum atomic E-state index is -4.53. The summed E-state index contributed by atoms with van der Waals surface area (Å²) >= 11 is 0. The summed E-state index contributed by atoms with van der Waals surface area (Å²) in [5.41, 5.74) is -0.282. The maximum absolute atomic E-state index is 12.7. The van der Waals surface area contributed by atoms with Gasteiger partial charge in [0.25, 0.3) is 0 Å². The highest BCUT2D eigenvalue weighted by atomic mass is 19.4. The second-order valence-corrected chi connectivity index (χ2v) is 6.03. The van der Waals surface area contributed by atoms with E-state index in [4.69, 9.17) is 4.74 Å². The number of amides is 2. The van der Waals surface area contributed by atoms with E-state index >= 15 is 0 Å². The third-order valence-electron chi connectivity index (χ3n) is 3.40. The Morgan fingerprint density at radius 1 is 1.04 bits per heavy atom. The molecule has 0 bridgehead atoms. The number of carbonyl (C=O) groups excluding carboxylic acids is 2. The molecule has 0 aromatic heterocycles. The van der Waals surface area contributed by atoms with Crippen molar-refractivity contribution in [3.05, 3.63) is 59.7 Å². The quantitative estimate of drug-likeness (QED) is 0.777. The molecule has 2 aromatic carbocycles. The van der Waals surface area contributed by atoms with Gasteiger partial charge in [-0.2, -0.15) is 13.2 Å². The van der Waals surface area contributed by atoms with Crippen LogP contribution < -0.4 is 15.4 Å². The number of ether oxygens (including phenoxy) is 1. The molecule has 0 fully saturated rings. The Hall–Kier alpha value is -3.03. The van der Waals surface area contributed by atoms with Gasteiger partial charge in [-0.1, -0.05) is 18.2 Å². The Bertz CT molecular complexity index is 803. The molecular formula is C19H19F3N2O3. The van der Waals surface area contributed by atoms with Crippen molar-refractivity contribution in [3.8, 4) is 5.75 Å². The van der Waals surface area contributed by atoms with Gasteiger partial charge >= 0.3 is 18.0 Å². The molecule has 2 aromatic rings. The lowest BCUT2D eigenvalue weighted by Crippen LogP contribution is -2.35. The van der Waals surface area contributed by atoms with Gasteiger partial charge in [0, 0.05) is 12.2 Å². The number of hydrogen-bond acceptors (Lipinski definition) is 3. The first-order valence-electron chi connectivity index (χ1n) is 8.17. The molecule has 0 unspecified atom stereocenters. The monoisotopic (exact) mass is 380 g/mol. The molecule has 27 heavy (non-hydrogen) atoms. The van der Waals surface area contributed by atoms with Crippen LogP contribution in [-0.4, -0.2) is 17.9 Å². The molecule has 0 radical (unpaired) electrons. The van der Waals surface area contributed by atoms with Gasteiger partial charge in [0.1, 0.15) is 5.75 Å². The van der Waals surface area contributed by atoms with Crippen LogP contribution in [0.1, 0.15) is 25.0 Å². The molecule has 0 aliphatic rings. The van der Waals surface area contributed by atoms with E-state index in [0.29, 0.717) is 5.75 Å². The van der Waals surface area contributed by atoms with E-state index in [9.17, 15) is 22.8 Å². The summed E-state index contributed by atoms with van der Waals surface area (Å²) in [7, 11) is 0. The van der Waals surface area contributed by atoms with Crippen molar-refractivity contribution >= 4 is 17.5 Å². The lowest BCUT2D eigenvalue weighted by Gasteiger charge is -2.11. The predicted molar refractivity (Wildman–Crippen MR) is 94.1 cm³/mol. The van der Waals surface area contributed by atoms with Crippen LogP contribution in [0.2, 0.25) is 0 Å². The van der Waals surface area contributed by atoms with Crippen LogP contribution in [0.15, 0.2) is 48.5 Å². The fraction of sp³-hybridized carbons (Fsp3) is 0.263. The molecule has 8 heteroatoms. The molecule has 0 aliphatic heterocycles. The van der Waals surface area contributed by atoms with Crippen LogP contribution in [0.25, 0.3) is 0 Å². The Morgan fingerprint density at radius 2 is 1.70 bits per heavy atom. The zero-order valence-corrected chi connectivity index (χ0v) is 14.8. The highest BCUT2D eigenvalue weighted by Gasteiger charge is 2.30. The van der Waals surface area contributed by atoms with E-state index in [2.05, 4.69) is 10.6 Å². The smallest absolute Gasteiger partial charge is 0.416 e. The SMILES string of the molecule is CC(C)Oc1ccc(CNC(=O)C(=O)Nc2cccc(C(F)(F)F)c2)cc1. The number of nitrogens with one attached hydrogen (secondary N) is 2. The molecule has 0 heterocycles. The fourth-order valence-electron chi connectivity index (χ4n) is 2.18. The summed E-state index contributed by atoms with van der Waals surface area (Å²) in [5.74, 6) is -1.31. The van der Waals surface area contributed by atoms with Crippen LogP contribution in [-0.2, 0) is 22.3 Å². The number of benzene rings is 2. The zero-order valence-electron chi connectivity index (χ0n) is 14.8. The van der Waals surface area contributed by atoms with E-state index < -0.39 is 23.6 Å². The highest BCUT2D eigenvalue weighted by Crippen LogP contribution is 2.30. The van der Waals surface area contributed by atoms with Crippen LogP contribution >= 0.6 is 0 Å². The molecule has 0 saturated carbocycles. The predicted octanol–water partition coefficient (Wildman–Crippen LogP) is 3.75. The number of rotatable bonds is 5. The number of halogens is 3. The van der Waals surface area contributed by atoms with Gasteiger partial charge in [-0.3, -0.25) is 9.59 Å². The molecule has 2 N–H and O–H groups in total. The third kappa shape index (κ3) is 6.32. The molecule has 2 amide bonds. The van der Waals surface area contributed by atoms with E-state index in [0.717, 1.165) is 23.8 Å². The molecular weight excluding hydrogens is 361 g/mol. The first kappa shape index (κ1) is 20.3. The molecule has 144 valence electrons. The van der Waals surface area contributed by atoms with Gasteiger partial charge < -0.3 is 15.4 Å². The topological polar surface area (TPSA) is 67.4 Å². The molecule has 0 atom stereocenters. The fourth-order valence-corrected chi connectivity index (χ4v) is 2.18. The van der Waals surface area contributed by atoms with Gasteiger partial charge in [0.05, 0.1) is 11.7 Å².